The zero-order valence-electron chi connectivity index (χ0n) is 19.5. The van der Waals surface area contributed by atoms with Crippen molar-refractivity contribution in [3.05, 3.63) is 87.5 Å². The lowest BCUT2D eigenvalue weighted by molar-refractivity contribution is -0.115. The molecule has 168 valence electrons. The van der Waals surface area contributed by atoms with Crippen LogP contribution in [0.15, 0.2) is 48.5 Å². The first-order valence-corrected chi connectivity index (χ1v) is 11.3. The van der Waals surface area contributed by atoms with E-state index in [4.69, 9.17) is 0 Å². The molecule has 0 radical (unpaired) electrons. The number of aryl methyl sites for hydroxylation is 3. The Balaban J connectivity index is 1.84. The molecule has 0 aliphatic rings. The Morgan fingerprint density at radius 3 is 2.16 bits per heavy atom. The van der Waals surface area contributed by atoms with E-state index in [0.29, 0.717) is 24.1 Å². The van der Waals surface area contributed by atoms with Crippen LogP contribution < -0.4 is 5.32 Å². The molecule has 3 aromatic rings. The predicted octanol–water partition coefficient (Wildman–Crippen LogP) is 6.00. The van der Waals surface area contributed by atoms with E-state index in [1.54, 1.807) is 6.07 Å². The highest BCUT2D eigenvalue weighted by molar-refractivity contribution is 5.92. The Labute approximate surface area is 190 Å². The number of phenolic OH excluding ortho intramolecular Hbond substituents is 2. The smallest absolute Gasteiger partial charge is 0.228 e. The maximum absolute atomic E-state index is 12.6. The van der Waals surface area contributed by atoms with E-state index in [9.17, 15) is 15.0 Å². The quantitative estimate of drug-likeness (QED) is 0.383. The third kappa shape index (κ3) is 5.50. The van der Waals surface area contributed by atoms with Gasteiger partial charge in [-0.05, 0) is 66.6 Å². The number of carbonyl (C=O) groups excluding carboxylic acids is 1. The summed E-state index contributed by atoms with van der Waals surface area (Å²) in [6, 6.07) is 15.5. The number of nitrogens with one attached hydrogen (secondary N) is 1. The minimum absolute atomic E-state index is 0.102. The summed E-state index contributed by atoms with van der Waals surface area (Å²) in [6.45, 7) is 8.04. The van der Waals surface area contributed by atoms with Crippen LogP contribution in [0.25, 0.3) is 0 Å². The second-order valence-corrected chi connectivity index (χ2v) is 8.49. The predicted molar refractivity (Wildman–Crippen MR) is 131 cm³/mol. The number of anilines is 1. The number of rotatable bonds is 8. The summed E-state index contributed by atoms with van der Waals surface area (Å²) < 4.78 is 0. The molecule has 4 heteroatoms. The van der Waals surface area contributed by atoms with Gasteiger partial charge in [0, 0.05) is 17.7 Å². The number of amides is 1. The van der Waals surface area contributed by atoms with Crippen molar-refractivity contribution < 1.29 is 15.0 Å². The van der Waals surface area contributed by atoms with Gasteiger partial charge < -0.3 is 15.5 Å². The van der Waals surface area contributed by atoms with Gasteiger partial charge >= 0.3 is 0 Å². The molecular formula is C28H33NO3. The van der Waals surface area contributed by atoms with Crippen molar-refractivity contribution >= 4 is 11.6 Å². The molecule has 0 aliphatic carbocycles. The molecule has 0 aliphatic heterocycles. The van der Waals surface area contributed by atoms with E-state index < -0.39 is 0 Å². The van der Waals surface area contributed by atoms with Crippen LogP contribution in [0, 0.1) is 13.8 Å². The average Bonchev–Trinajstić information content (AvgIpc) is 2.77. The van der Waals surface area contributed by atoms with Crippen LogP contribution in [0.2, 0.25) is 0 Å². The fraction of sp³-hybridized carbons (Fsp3) is 0.321. The summed E-state index contributed by atoms with van der Waals surface area (Å²) in [7, 11) is 0. The van der Waals surface area contributed by atoms with E-state index in [-0.39, 0.29) is 23.8 Å². The third-order valence-electron chi connectivity index (χ3n) is 5.94. The first-order valence-electron chi connectivity index (χ1n) is 11.3. The Morgan fingerprint density at radius 2 is 1.50 bits per heavy atom. The van der Waals surface area contributed by atoms with E-state index >= 15 is 0 Å². The molecule has 0 bridgehead atoms. The largest absolute Gasteiger partial charge is 0.507 e. The summed E-state index contributed by atoms with van der Waals surface area (Å²) in [5, 5.41) is 24.5. The zero-order chi connectivity index (χ0) is 23.3. The van der Waals surface area contributed by atoms with Crippen molar-refractivity contribution in [3.63, 3.8) is 0 Å². The van der Waals surface area contributed by atoms with Crippen molar-refractivity contribution in [1.29, 1.82) is 0 Å². The molecule has 3 aromatic carbocycles. The van der Waals surface area contributed by atoms with Crippen molar-refractivity contribution in [3.8, 4) is 11.5 Å². The van der Waals surface area contributed by atoms with Crippen LogP contribution in [-0.4, -0.2) is 16.1 Å². The molecule has 0 heterocycles. The Bertz CT molecular complexity index is 1100. The Kier molecular flexibility index (Phi) is 7.57. The van der Waals surface area contributed by atoms with Crippen LogP contribution >= 0.6 is 0 Å². The summed E-state index contributed by atoms with van der Waals surface area (Å²) in [6.07, 6.45) is 3.26. The summed E-state index contributed by atoms with van der Waals surface area (Å²) in [5.41, 5.74) is 7.03. The van der Waals surface area contributed by atoms with E-state index in [2.05, 4.69) is 18.3 Å². The molecule has 32 heavy (non-hydrogen) atoms. The van der Waals surface area contributed by atoms with Crippen LogP contribution in [0.5, 0.6) is 11.5 Å². The van der Waals surface area contributed by atoms with Crippen LogP contribution in [-0.2, 0) is 30.5 Å². The van der Waals surface area contributed by atoms with Gasteiger partial charge in [-0.25, -0.2) is 0 Å². The molecule has 4 nitrogen and oxygen atoms in total. The third-order valence-corrected chi connectivity index (χ3v) is 5.94. The van der Waals surface area contributed by atoms with Gasteiger partial charge in [0.15, 0.2) is 0 Å². The highest BCUT2D eigenvalue weighted by Crippen LogP contribution is 2.34. The monoisotopic (exact) mass is 431 g/mol. The molecule has 0 spiro atoms. The zero-order valence-corrected chi connectivity index (χ0v) is 19.5. The van der Waals surface area contributed by atoms with Gasteiger partial charge in [0.2, 0.25) is 5.91 Å². The minimum Gasteiger partial charge on any atom is -0.507 e. The van der Waals surface area contributed by atoms with Gasteiger partial charge in [-0.3, -0.25) is 4.79 Å². The molecule has 1 amide bonds. The number of hydrogen-bond acceptors (Lipinski definition) is 3. The molecule has 0 saturated carbocycles. The normalized spacial score (nSPS) is 10.9. The number of hydrogen-bond donors (Lipinski definition) is 3. The van der Waals surface area contributed by atoms with E-state index in [1.165, 1.54) is 0 Å². The topological polar surface area (TPSA) is 69.6 Å². The average molecular weight is 432 g/mol. The van der Waals surface area contributed by atoms with Crippen LogP contribution in [0.4, 0.5) is 5.69 Å². The SMILES string of the molecule is CCCc1ccc(Cc2cc(NC(=O)Cc3ccc(C)cc3)cc(CC)c2O)c(O)c1C. The second kappa shape index (κ2) is 10.4. The lowest BCUT2D eigenvalue weighted by Gasteiger charge is -2.16. The lowest BCUT2D eigenvalue weighted by atomic mass is 9.94. The molecule has 0 aromatic heterocycles. The molecule has 0 saturated heterocycles. The lowest BCUT2D eigenvalue weighted by Crippen LogP contribution is -2.15. The number of aromatic hydroxyl groups is 2. The fourth-order valence-electron chi connectivity index (χ4n) is 4.02. The molecule has 0 fully saturated rings. The molecule has 0 unspecified atom stereocenters. The van der Waals surface area contributed by atoms with Gasteiger partial charge in [0.1, 0.15) is 11.5 Å². The van der Waals surface area contributed by atoms with Gasteiger partial charge in [0.05, 0.1) is 6.42 Å². The van der Waals surface area contributed by atoms with Crippen molar-refractivity contribution in [2.24, 2.45) is 0 Å². The molecule has 3 rings (SSSR count). The van der Waals surface area contributed by atoms with E-state index in [1.807, 2.05) is 57.2 Å². The fourth-order valence-corrected chi connectivity index (χ4v) is 4.02. The molecular weight excluding hydrogens is 398 g/mol. The van der Waals surface area contributed by atoms with Gasteiger partial charge in [-0.2, -0.15) is 0 Å². The first-order chi connectivity index (χ1) is 15.3. The summed E-state index contributed by atoms with van der Waals surface area (Å²) in [5.74, 6) is 0.399. The highest BCUT2D eigenvalue weighted by Gasteiger charge is 2.15. The maximum atomic E-state index is 12.6. The highest BCUT2D eigenvalue weighted by atomic mass is 16.3. The molecule has 0 atom stereocenters. The number of carbonyl (C=O) groups is 1. The van der Waals surface area contributed by atoms with Crippen molar-refractivity contribution in [2.75, 3.05) is 5.32 Å². The second-order valence-electron chi connectivity index (χ2n) is 8.49. The summed E-state index contributed by atoms with van der Waals surface area (Å²) in [4.78, 5) is 12.6. The van der Waals surface area contributed by atoms with Crippen LogP contribution in [0.1, 0.15) is 59.2 Å². The summed E-state index contributed by atoms with van der Waals surface area (Å²) >= 11 is 0. The maximum Gasteiger partial charge on any atom is 0.228 e. The van der Waals surface area contributed by atoms with Crippen molar-refractivity contribution in [2.45, 2.75) is 59.8 Å². The van der Waals surface area contributed by atoms with Crippen LogP contribution in [0.3, 0.4) is 0 Å². The van der Waals surface area contributed by atoms with Gasteiger partial charge in [-0.15, -0.1) is 0 Å². The first kappa shape index (κ1) is 23.4. The number of benzene rings is 3. The van der Waals surface area contributed by atoms with E-state index in [0.717, 1.165) is 46.2 Å². The molecule has 3 N–H and O–H groups in total. The minimum atomic E-state index is -0.102. The number of phenols is 2. The Hall–Kier alpha value is -3.27. The Morgan fingerprint density at radius 1 is 0.844 bits per heavy atom. The standard InChI is InChI=1S/C28H33NO3/c1-5-7-22-12-13-23(27(31)19(22)4)15-24-17-25(16-21(6-2)28(24)32)29-26(30)14-20-10-8-18(3)9-11-20/h8-13,16-17,31-32H,5-7,14-15H2,1-4H3,(H,29,30). The van der Waals surface area contributed by atoms with Crippen molar-refractivity contribution in [1.82, 2.24) is 0 Å². The van der Waals surface area contributed by atoms with Gasteiger partial charge in [0.25, 0.3) is 0 Å². The van der Waals surface area contributed by atoms with Gasteiger partial charge in [-0.1, -0.05) is 62.2 Å².